The second-order valence-electron chi connectivity index (χ2n) is 8.20. The molecule has 0 saturated heterocycles. The first-order valence-electron chi connectivity index (χ1n) is 10.5. The Balaban J connectivity index is -0.000000709. The van der Waals surface area contributed by atoms with E-state index in [1.165, 1.54) is 96.4 Å². The molecule has 0 bridgehead atoms. The van der Waals surface area contributed by atoms with Crippen molar-refractivity contribution in [3.05, 3.63) is 0 Å². The first-order chi connectivity index (χ1) is 12.1. The van der Waals surface area contributed by atoms with Crippen molar-refractivity contribution >= 4 is 10.4 Å². The van der Waals surface area contributed by atoms with E-state index in [0.717, 1.165) is 11.6 Å². The normalized spacial score (nSPS) is 11.5. The van der Waals surface area contributed by atoms with E-state index < -0.39 is 10.4 Å². The highest BCUT2D eigenvalue weighted by Gasteiger charge is 2.04. The van der Waals surface area contributed by atoms with Crippen molar-refractivity contribution in [3.63, 3.8) is 0 Å². The van der Waals surface area contributed by atoms with Gasteiger partial charge in [-0.05, 0) is 12.8 Å². The monoisotopic (exact) mass is 413 g/mol. The lowest BCUT2D eigenvalue weighted by atomic mass is 10.0. The minimum atomic E-state index is -4.16. The highest BCUT2D eigenvalue weighted by atomic mass is 32.3. The molecule has 4 N–H and O–H groups in total. The summed E-state index contributed by atoms with van der Waals surface area (Å²) in [4.78, 5) is 0. The molecule has 0 aliphatic heterocycles. The van der Waals surface area contributed by atoms with Crippen LogP contribution in [-0.2, 0) is 14.6 Å². The first-order valence-corrected chi connectivity index (χ1v) is 11.8. The second kappa shape index (κ2) is 20.5. The summed E-state index contributed by atoms with van der Waals surface area (Å²) in [6.07, 6.45) is 20.4. The Morgan fingerprint density at radius 1 is 0.704 bits per heavy atom. The summed E-state index contributed by atoms with van der Waals surface area (Å²) < 4.78 is 30.8. The smallest absolute Gasteiger partial charge is 0.344 e. The van der Waals surface area contributed by atoms with E-state index >= 15 is 0 Å². The Labute approximate surface area is 170 Å². The van der Waals surface area contributed by atoms with Gasteiger partial charge in [-0.1, -0.05) is 84.0 Å². The maximum Gasteiger partial charge on any atom is 0.397 e. The van der Waals surface area contributed by atoms with Crippen LogP contribution < -0.4 is 6.15 Å². The fourth-order valence-electron chi connectivity index (χ4n) is 2.78. The highest BCUT2D eigenvalue weighted by molar-refractivity contribution is 7.80. The lowest BCUT2D eigenvalue weighted by Crippen LogP contribution is -2.35. The molecule has 0 rings (SSSR count). The molecule has 0 radical (unpaired) electrons. The van der Waals surface area contributed by atoms with Crippen LogP contribution in [0.5, 0.6) is 0 Å². The fourth-order valence-corrected chi connectivity index (χ4v) is 2.78. The third kappa shape index (κ3) is 37.3. The largest absolute Gasteiger partial charge is 0.397 e. The molecular formula is C20H49N2O4S+. The molecule has 0 atom stereocenters. The molecule has 0 unspecified atom stereocenters. The Kier molecular flexibility index (Phi) is 23.9. The standard InChI is InChI=1S/C19H42N.CH4O4S.H3N/c1-5-6-7-8-9-10-11-12-13-14-15-16-17-18-19-20(2,3)4;1-5-6(2,3)4;/h5-19H2,1-4H3;1H3,(H,2,3,4);1H3/q+1;;. The Morgan fingerprint density at radius 3 is 1.19 bits per heavy atom. The van der Waals surface area contributed by atoms with E-state index in [9.17, 15) is 8.42 Å². The molecule has 0 amide bonds. The van der Waals surface area contributed by atoms with Gasteiger partial charge in [0, 0.05) is 0 Å². The highest BCUT2D eigenvalue weighted by Crippen LogP contribution is 2.13. The topological polar surface area (TPSA) is 98.6 Å². The molecule has 0 saturated carbocycles. The summed E-state index contributed by atoms with van der Waals surface area (Å²) >= 11 is 0. The van der Waals surface area contributed by atoms with Gasteiger partial charge in [-0.25, -0.2) is 0 Å². The quantitative estimate of drug-likeness (QED) is 0.190. The lowest BCUT2D eigenvalue weighted by molar-refractivity contribution is -0.870. The number of nitrogens with zero attached hydrogens (tertiary/aromatic N) is 1. The van der Waals surface area contributed by atoms with Crippen molar-refractivity contribution in [1.82, 2.24) is 6.15 Å². The van der Waals surface area contributed by atoms with Crippen LogP contribution >= 0.6 is 0 Å². The molecule has 0 aromatic carbocycles. The molecule has 6 nitrogen and oxygen atoms in total. The van der Waals surface area contributed by atoms with Gasteiger partial charge in [0.15, 0.2) is 0 Å². The van der Waals surface area contributed by atoms with E-state index in [0.29, 0.717) is 0 Å². The lowest BCUT2D eigenvalue weighted by Gasteiger charge is -2.23. The van der Waals surface area contributed by atoms with Gasteiger partial charge in [0.1, 0.15) is 0 Å². The molecule has 0 heterocycles. The van der Waals surface area contributed by atoms with E-state index in [-0.39, 0.29) is 6.15 Å². The summed E-state index contributed by atoms with van der Waals surface area (Å²) in [5.74, 6) is 0. The van der Waals surface area contributed by atoms with Crippen LogP contribution in [0.1, 0.15) is 96.8 Å². The maximum absolute atomic E-state index is 9.33. The summed E-state index contributed by atoms with van der Waals surface area (Å²) in [5.41, 5.74) is 0. The zero-order chi connectivity index (χ0) is 20.3. The zero-order valence-electron chi connectivity index (χ0n) is 18.8. The van der Waals surface area contributed by atoms with Gasteiger partial charge in [0.2, 0.25) is 0 Å². The molecule has 0 aromatic rings. The average Bonchev–Trinajstić information content (AvgIpc) is 2.54. The molecular weight excluding hydrogens is 364 g/mol. The van der Waals surface area contributed by atoms with Gasteiger partial charge < -0.3 is 10.6 Å². The number of unbranched alkanes of at least 4 members (excludes halogenated alkanes) is 13. The molecule has 0 fully saturated rings. The minimum absolute atomic E-state index is 0. The van der Waals surface area contributed by atoms with Crippen molar-refractivity contribution in [3.8, 4) is 0 Å². The fraction of sp³-hybridized carbons (Fsp3) is 1.00. The summed E-state index contributed by atoms with van der Waals surface area (Å²) in [5, 5.41) is 0. The summed E-state index contributed by atoms with van der Waals surface area (Å²) in [6.45, 7) is 3.63. The molecule has 0 aromatic heterocycles. The summed E-state index contributed by atoms with van der Waals surface area (Å²) in [6, 6.07) is 0. The van der Waals surface area contributed by atoms with Crippen LogP contribution in [0.3, 0.4) is 0 Å². The van der Waals surface area contributed by atoms with Crippen LogP contribution in [0, 0.1) is 0 Å². The van der Waals surface area contributed by atoms with Crippen LogP contribution in [0.25, 0.3) is 0 Å². The second-order valence-corrected chi connectivity index (χ2v) is 9.39. The van der Waals surface area contributed by atoms with Crippen molar-refractivity contribution in [1.29, 1.82) is 0 Å². The number of quaternary nitrogens is 1. The number of hydrogen-bond donors (Lipinski definition) is 2. The Hall–Kier alpha value is -0.210. The van der Waals surface area contributed by atoms with Gasteiger partial charge in [-0.2, -0.15) is 8.42 Å². The predicted molar refractivity (Wildman–Crippen MR) is 117 cm³/mol. The first kappa shape index (κ1) is 31.5. The molecule has 0 aliphatic carbocycles. The van der Waals surface area contributed by atoms with E-state index in [1.807, 2.05) is 0 Å². The zero-order valence-corrected chi connectivity index (χ0v) is 19.7. The predicted octanol–water partition coefficient (Wildman–Crippen LogP) is 5.77. The third-order valence-electron chi connectivity index (χ3n) is 4.39. The molecule has 7 heteroatoms. The summed E-state index contributed by atoms with van der Waals surface area (Å²) in [7, 11) is 3.59. The number of rotatable bonds is 16. The van der Waals surface area contributed by atoms with Crippen molar-refractivity contribution in [2.75, 3.05) is 34.8 Å². The van der Waals surface area contributed by atoms with Crippen LogP contribution in [-0.4, -0.2) is 52.3 Å². The van der Waals surface area contributed by atoms with Gasteiger partial charge in [-0.15, -0.1) is 0 Å². The van der Waals surface area contributed by atoms with Crippen molar-refractivity contribution in [2.24, 2.45) is 0 Å². The van der Waals surface area contributed by atoms with Gasteiger partial charge in [-0.3, -0.25) is 8.74 Å². The van der Waals surface area contributed by atoms with Crippen molar-refractivity contribution < 1.29 is 21.6 Å². The maximum atomic E-state index is 9.33. The van der Waals surface area contributed by atoms with E-state index in [4.69, 9.17) is 4.55 Å². The molecule has 27 heavy (non-hydrogen) atoms. The minimum Gasteiger partial charge on any atom is -0.344 e. The van der Waals surface area contributed by atoms with Gasteiger partial charge in [0.05, 0.1) is 34.8 Å². The molecule has 0 aliphatic rings. The van der Waals surface area contributed by atoms with Crippen molar-refractivity contribution in [2.45, 2.75) is 96.8 Å². The van der Waals surface area contributed by atoms with Gasteiger partial charge >= 0.3 is 10.4 Å². The van der Waals surface area contributed by atoms with Crippen LogP contribution in [0.15, 0.2) is 0 Å². The Morgan fingerprint density at radius 2 is 0.963 bits per heavy atom. The number of hydrogen-bond acceptors (Lipinski definition) is 4. The van der Waals surface area contributed by atoms with E-state index in [1.54, 1.807) is 0 Å². The molecule has 0 spiro atoms. The molecule has 168 valence electrons. The van der Waals surface area contributed by atoms with Gasteiger partial charge in [0.25, 0.3) is 0 Å². The average molecular weight is 414 g/mol. The van der Waals surface area contributed by atoms with Crippen LogP contribution in [0.4, 0.5) is 0 Å². The third-order valence-corrected chi connectivity index (χ3v) is 4.81. The van der Waals surface area contributed by atoms with E-state index in [2.05, 4.69) is 32.2 Å². The Bertz CT molecular complexity index is 382. The van der Waals surface area contributed by atoms with Crippen LogP contribution in [0.2, 0.25) is 0 Å². The SMILES string of the molecule is CCCCCCCCCCCCCCCC[N+](C)(C)C.COS(=O)(=O)O.N.